The maximum atomic E-state index is 12.3. The fourth-order valence-corrected chi connectivity index (χ4v) is 3.16. The number of hydrogen-bond acceptors (Lipinski definition) is 4. The minimum Gasteiger partial charge on any atom is -0.492 e. The minimum atomic E-state index is -3.64. The van der Waals surface area contributed by atoms with Crippen molar-refractivity contribution in [3.8, 4) is 5.75 Å². The summed E-state index contributed by atoms with van der Waals surface area (Å²) in [6.07, 6.45) is 1.07. The summed E-state index contributed by atoms with van der Waals surface area (Å²) >= 11 is 0. The zero-order valence-electron chi connectivity index (χ0n) is 14.3. The zero-order chi connectivity index (χ0) is 18.3. The number of ether oxygens (including phenoxy) is 1. The lowest BCUT2D eigenvalue weighted by atomic mass is 10.2. The van der Waals surface area contributed by atoms with Crippen molar-refractivity contribution in [3.05, 3.63) is 60.2 Å². The van der Waals surface area contributed by atoms with Crippen molar-refractivity contribution in [2.45, 2.75) is 13.5 Å². The summed E-state index contributed by atoms with van der Waals surface area (Å²) in [5.41, 5.74) is 1.29. The highest BCUT2D eigenvalue weighted by atomic mass is 32.2. The molecule has 0 radical (unpaired) electrons. The standard InChI is InChI=1S/C18H22N2O4S/c1-3-24-17-12-8-7-11-16(17)20(25(2,22)23)14-18(21)19-13-15-9-5-4-6-10-15/h4-12H,3,13-14H2,1-2H3,(H,19,21). The Morgan fingerprint density at radius 2 is 1.72 bits per heavy atom. The molecule has 0 aliphatic rings. The van der Waals surface area contributed by atoms with E-state index in [0.29, 0.717) is 24.6 Å². The van der Waals surface area contributed by atoms with Crippen LogP contribution in [0.25, 0.3) is 0 Å². The number of sulfonamides is 1. The molecule has 0 fully saturated rings. The highest BCUT2D eigenvalue weighted by Crippen LogP contribution is 2.29. The first-order valence-electron chi connectivity index (χ1n) is 7.92. The summed E-state index contributed by atoms with van der Waals surface area (Å²) < 4.78 is 30.9. The molecule has 0 heterocycles. The van der Waals surface area contributed by atoms with E-state index in [4.69, 9.17) is 4.74 Å². The van der Waals surface area contributed by atoms with E-state index in [1.165, 1.54) is 0 Å². The molecule has 134 valence electrons. The van der Waals surface area contributed by atoms with E-state index in [-0.39, 0.29) is 12.5 Å². The van der Waals surface area contributed by atoms with Gasteiger partial charge in [-0.15, -0.1) is 0 Å². The number of carbonyl (C=O) groups is 1. The van der Waals surface area contributed by atoms with Crippen molar-refractivity contribution in [3.63, 3.8) is 0 Å². The Balaban J connectivity index is 2.15. The Bertz CT molecular complexity index is 807. The summed E-state index contributed by atoms with van der Waals surface area (Å²) in [5, 5.41) is 2.74. The second-order valence-corrected chi connectivity index (χ2v) is 7.34. The summed E-state index contributed by atoms with van der Waals surface area (Å²) in [5.74, 6) is 0.0341. The fraction of sp³-hybridized carbons (Fsp3) is 0.278. The molecule has 0 unspecified atom stereocenters. The third-order valence-corrected chi connectivity index (χ3v) is 4.58. The van der Waals surface area contributed by atoms with Gasteiger partial charge in [-0.25, -0.2) is 8.42 Å². The minimum absolute atomic E-state index is 0.310. The van der Waals surface area contributed by atoms with Gasteiger partial charge in [0.2, 0.25) is 15.9 Å². The van der Waals surface area contributed by atoms with Crippen molar-refractivity contribution in [2.24, 2.45) is 0 Å². The van der Waals surface area contributed by atoms with E-state index in [9.17, 15) is 13.2 Å². The average Bonchev–Trinajstić information content (AvgIpc) is 2.59. The molecule has 7 heteroatoms. The Morgan fingerprint density at radius 3 is 2.36 bits per heavy atom. The van der Waals surface area contributed by atoms with Crippen LogP contribution in [0.15, 0.2) is 54.6 Å². The molecular formula is C18H22N2O4S. The molecule has 6 nitrogen and oxygen atoms in total. The third-order valence-electron chi connectivity index (χ3n) is 3.45. The molecule has 2 rings (SSSR count). The number of carbonyl (C=O) groups excluding carboxylic acids is 1. The predicted molar refractivity (Wildman–Crippen MR) is 98.1 cm³/mol. The summed E-state index contributed by atoms with van der Waals surface area (Å²) in [6.45, 7) is 2.24. The zero-order valence-corrected chi connectivity index (χ0v) is 15.1. The number of anilines is 1. The van der Waals surface area contributed by atoms with Gasteiger partial charge in [0.15, 0.2) is 0 Å². The van der Waals surface area contributed by atoms with Crippen molar-refractivity contribution >= 4 is 21.6 Å². The molecule has 2 aromatic rings. The summed E-state index contributed by atoms with van der Waals surface area (Å²) in [6, 6.07) is 16.2. The van der Waals surface area contributed by atoms with E-state index in [2.05, 4.69) is 5.32 Å². The highest BCUT2D eigenvalue weighted by Gasteiger charge is 2.23. The molecule has 0 aliphatic heterocycles. The largest absolute Gasteiger partial charge is 0.492 e. The van der Waals surface area contributed by atoms with E-state index >= 15 is 0 Å². The number of para-hydroxylation sites is 2. The van der Waals surface area contributed by atoms with Gasteiger partial charge in [0.25, 0.3) is 0 Å². The summed E-state index contributed by atoms with van der Waals surface area (Å²) in [4.78, 5) is 12.3. The van der Waals surface area contributed by atoms with Crippen molar-refractivity contribution in [1.29, 1.82) is 0 Å². The Kier molecular flexibility index (Phi) is 6.41. The van der Waals surface area contributed by atoms with Gasteiger partial charge in [-0.2, -0.15) is 0 Å². The first-order valence-corrected chi connectivity index (χ1v) is 9.77. The highest BCUT2D eigenvalue weighted by molar-refractivity contribution is 7.92. The van der Waals surface area contributed by atoms with Crippen LogP contribution in [0.4, 0.5) is 5.69 Å². The first-order chi connectivity index (χ1) is 11.9. The lowest BCUT2D eigenvalue weighted by Gasteiger charge is -2.24. The van der Waals surface area contributed by atoms with Gasteiger partial charge in [-0.05, 0) is 24.6 Å². The van der Waals surface area contributed by atoms with E-state index in [1.807, 2.05) is 37.3 Å². The van der Waals surface area contributed by atoms with Gasteiger partial charge in [0.05, 0.1) is 18.6 Å². The average molecular weight is 362 g/mol. The van der Waals surface area contributed by atoms with E-state index in [1.54, 1.807) is 24.3 Å². The lowest BCUT2D eigenvalue weighted by molar-refractivity contribution is -0.119. The van der Waals surface area contributed by atoms with Crippen LogP contribution in [-0.4, -0.2) is 33.7 Å². The number of nitrogens with zero attached hydrogens (tertiary/aromatic N) is 1. The number of hydrogen-bond donors (Lipinski definition) is 1. The maximum absolute atomic E-state index is 12.3. The fourth-order valence-electron chi connectivity index (χ4n) is 2.30. The van der Waals surface area contributed by atoms with Crippen LogP contribution in [0.5, 0.6) is 5.75 Å². The SMILES string of the molecule is CCOc1ccccc1N(CC(=O)NCc1ccccc1)S(C)(=O)=O. The number of rotatable bonds is 8. The molecule has 0 saturated heterocycles. The maximum Gasteiger partial charge on any atom is 0.241 e. The molecule has 0 aliphatic carbocycles. The molecule has 2 aromatic carbocycles. The molecule has 0 aromatic heterocycles. The molecular weight excluding hydrogens is 340 g/mol. The van der Waals surface area contributed by atoms with Crippen LogP contribution in [0, 0.1) is 0 Å². The van der Waals surface area contributed by atoms with E-state index in [0.717, 1.165) is 16.1 Å². The third kappa shape index (κ3) is 5.49. The van der Waals surface area contributed by atoms with Gasteiger partial charge in [-0.3, -0.25) is 9.10 Å². The summed E-state index contributed by atoms with van der Waals surface area (Å²) in [7, 11) is -3.64. The molecule has 0 spiro atoms. The number of amides is 1. The normalized spacial score (nSPS) is 11.0. The Morgan fingerprint density at radius 1 is 1.08 bits per heavy atom. The smallest absolute Gasteiger partial charge is 0.241 e. The monoisotopic (exact) mass is 362 g/mol. The quantitative estimate of drug-likeness (QED) is 0.781. The molecule has 0 bridgehead atoms. The van der Waals surface area contributed by atoms with Crippen LogP contribution in [-0.2, 0) is 21.4 Å². The van der Waals surface area contributed by atoms with Crippen LogP contribution in [0.3, 0.4) is 0 Å². The lowest BCUT2D eigenvalue weighted by Crippen LogP contribution is -2.40. The van der Waals surface area contributed by atoms with Gasteiger partial charge < -0.3 is 10.1 Å². The second kappa shape index (κ2) is 8.53. The number of nitrogens with one attached hydrogen (secondary N) is 1. The second-order valence-electron chi connectivity index (χ2n) is 5.43. The molecule has 0 saturated carbocycles. The van der Waals surface area contributed by atoms with Crippen molar-refractivity contribution < 1.29 is 17.9 Å². The van der Waals surface area contributed by atoms with Crippen LogP contribution in [0.1, 0.15) is 12.5 Å². The van der Waals surface area contributed by atoms with Crippen LogP contribution in [0.2, 0.25) is 0 Å². The van der Waals surface area contributed by atoms with Crippen molar-refractivity contribution in [2.75, 3.05) is 23.7 Å². The molecule has 1 amide bonds. The topological polar surface area (TPSA) is 75.7 Å². The Labute approximate surface area is 148 Å². The molecule has 25 heavy (non-hydrogen) atoms. The molecule has 0 atom stereocenters. The Hall–Kier alpha value is -2.54. The molecule has 1 N–H and O–H groups in total. The van der Waals surface area contributed by atoms with Crippen LogP contribution < -0.4 is 14.4 Å². The van der Waals surface area contributed by atoms with Crippen LogP contribution >= 0.6 is 0 Å². The van der Waals surface area contributed by atoms with Gasteiger partial charge >= 0.3 is 0 Å². The number of benzene rings is 2. The first kappa shape index (κ1) is 18.8. The van der Waals surface area contributed by atoms with Gasteiger partial charge in [0, 0.05) is 6.54 Å². The van der Waals surface area contributed by atoms with Gasteiger partial charge in [-0.1, -0.05) is 42.5 Å². The van der Waals surface area contributed by atoms with Gasteiger partial charge in [0.1, 0.15) is 12.3 Å². The van der Waals surface area contributed by atoms with Crippen molar-refractivity contribution in [1.82, 2.24) is 5.32 Å². The van der Waals surface area contributed by atoms with E-state index < -0.39 is 10.0 Å². The predicted octanol–water partition coefficient (Wildman–Crippen LogP) is 2.17.